The fourth-order valence-electron chi connectivity index (χ4n) is 1.56. The van der Waals surface area contributed by atoms with Gasteiger partial charge in [-0.1, -0.05) is 12.1 Å². The van der Waals surface area contributed by atoms with Crippen LogP contribution in [0, 0.1) is 12.7 Å². The molecule has 0 fully saturated rings. The maximum absolute atomic E-state index is 13.7. The van der Waals surface area contributed by atoms with Crippen LogP contribution in [0.4, 0.5) is 4.39 Å². The third-order valence-corrected chi connectivity index (χ3v) is 2.50. The van der Waals surface area contributed by atoms with E-state index in [1.54, 1.807) is 37.3 Å². The molecule has 0 spiro atoms. The number of ether oxygens (including phenoxy) is 1. The SMILES string of the molecule is Cc1cccc(OC(CN)c2ccco2)c1F. The molecule has 3 nitrogen and oxygen atoms in total. The standard InChI is InChI=1S/C13H14FNO2/c1-9-4-2-5-11(13(9)14)17-12(8-15)10-6-3-7-16-10/h2-7,12H,8,15H2,1H3. The molecule has 17 heavy (non-hydrogen) atoms. The molecule has 4 heteroatoms. The number of hydrogen-bond acceptors (Lipinski definition) is 3. The van der Waals surface area contributed by atoms with E-state index in [-0.39, 0.29) is 18.1 Å². The van der Waals surface area contributed by atoms with E-state index in [0.717, 1.165) is 0 Å². The molecule has 2 aromatic rings. The molecular formula is C13H14FNO2. The van der Waals surface area contributed by atoms with Crippen molar-refractivity contribution in [3.63, 3.8) is 0 Å². The fourth-order valence-corrected chi connectivity index (χ4v) is 1.56. The van der Waals surface area contributed by atoms with Gasteiger partial charge in [0.05, 0.1) is 6.26 Å². The minimum Gasteiger partial charge on any atom is -0.478 e. The Morgan fingerprint density at radius 3 is 2.82 bits per heavy atom. The molecule has 1 heterocycles. The molecular weight excluding hydrogens is 221 g/mol. The number of rotatable bonds is 4. The highest BCUT2D eigenvalue weighted by atomic mass is 19.1. The second kappa shape index (κ2) is 5.01. The quantitative estimate of drug-likeness (QED) is 0.886. The Hall–Kier alpha value is -1.81. The zero-order chi connectivity index (χ0) is 12.3. The summed E-state index contributed by atoms with van der Waals surface area (Å²) in [6.45, 7) is 1.91. The summed E-state index contributed by atoms with van der Waals surface area (Å²) >= 11 is 0. The number of benzene rings is 1. The number of hydrogen-bond donors (Lipinski definition) is 1. The van der Waals surface area contributed by atoms with E-state index in [9.17, 15) is 4.39 Å². The second-order valence-electron chi connectivity index (χ2n) is 3.74. The number of furan rings is 1. The van der Waals surface area contributed by atoms with E-state index in [4.69, 9.17) is 14.9 Å². The molecule has 1 aromatic carbocycles. The number of halogens is 1. The van der Waals surface area contributed by atoms with Crippen LogP contribution in [0.2, 0.25) is 0 Å². The van der Waals surface area contributed by atoms with Crippen molar-refractivity contribution >= 4 is 0 Å². The van der Waals surface area contributed by atoms with Gasteiger partial charge in [0.1, 0.15) is 5.76 Å². The molecule has 2 N–H and O–H groups in total. The van der Waals surface area contributed by atoms with Crippen LogP contribution in [0.25, 0.3) is 0 Å². The lowest BCUT2D eigenvalue weighted by Gasteiger charge is -2.16. The van der Waals surface area contributed by atoms with E-state index in [2.05, 4.69) is 0 Å². The van der Waals surface area contributed by atoms with Gasteiger partial charge in [0.25, 0.3) is 0 Å². The van der Waals surface area contributed by atoms with Crippen LogP contribution < -0.4 is 10.5 Å². The van der Waals surface area contributed by atoms with Gasteiger partial charge in [-0.15, -0.1) is 0 Å². The van der Waals surface area contributed by atoms with Gasteiger partial charge in [0.2, 0.25) is 0 Å². The number of aryl methyl sites for hydroxylation is 1. The molecule has 1 aromatic heterocycles. The maximum atomic E-state index is 13.7. The first-order valence-corrected chi connectivity index (χ1v) is 5.37. The van der Waals surface area contributed by atoms with E-state index in [1.165, 1.54) is 6.26 Å². The lowest BCUT2D eigenvalue weighted by atomic mass is 10.2. The van der Waals surface area contributed by atoms with Crippen LogP contribution in [0.5, 0.6) is 5.75 Å². The van der Waals surface area contributed by atoms with E-state index in [0.29, 0.717) is 11.3 Å². The molecule has 0 aliphatic carbocycles. The first-order valence-electron chi connectivity index (χ1n) is 5.37. The Bertz CT molecular complexity index is 482. The van der Waals surface area contributed by atoms with Gasteiger partial charge in [-0.25, -0.2) is 4.39 Å². The van der Waals surface area contributed by atoms with Crippen LogP contribution in [0.1, 0.15) is 17.4 Å². The second-order valence-corrected chi connectivity index (χ2v) is 3.74. The summed E-state index contributed by atoms with van der Waals surface area (Å²) in [5.74, 6) is 0.419. The van der Waals surface area contributed by atoms with Crippen LogP contribution in [0.3, 0.4) is 0 Å². The molecule has 0 saturated heterocycles. The topological polar surface area (TPSA) is 48.4 Å². The maximum Gasteiger partial charge on any atom is 0.168 e. The average Bonchev–Trinajstić information content (AvgIpc) is 2.85. The Morgan fingerprint density at radius 2 is 2.18 bits per heavy atom. The zero-order valence-electron chi connectivity index (χ0n) is 9.52. The minimum atomic E-state index is -0.471. The largest absolute Gasteiger partial charge is 0.478 e. The summed E-state index contributed by atoms with van der Waals surface area (Å²) in [5, 5.41) is 0. The Kier molecular flexibility index (Phi) is 3.44. The first kappa shape index (κ1) is 11.7. The minimum absolute atomic E-state index is 0.192. The van der Waals surface area contributed by atoms with Crippen molar-refractivity contribution < 1.29 is 13.5 Å². The van der Waals surface area contributed by atoms with Gasteiger partial charge < -0.3 is 14.9 Å². The predicted molar refractivity (Wildman–Crippen MR) is 62.3 cm³/mol. The van der Waals surface area contributed by atoms with Crippen molar-refractivity contribution in [3.05, 3.63) is 53.7 Å². The van der Waals surface area contributed by atoms with Gasteiger partial charge in [0, 0.05) is 6.54 Å². The van der Waals surface area contributed by atoms with E-state index in [1.807, 2.05) is 0 Å². The third-order valence-electron chi connectivity index (χ3n) is 2.50. The van der Waals surface area contributed by atoms with Gasteiger partial charge in [-0.2, -0.15) is 0 Å². The summed E-state index contributed by atoms with van der Waals surface area (Å²) < 4.78 is 24.5. The summed E-state index contributed by atoms with van der Waals surface area (Å²) in [6, 6.07) is 8.50. The van der Waals surface area contributed by atoms with E-state index >= 15 is 0 Å². The van der Waals surface area contributed by atoms with Crippen LogP contribution in [0.15, 0.2) is 41.0 Å². The van der Waals surface area contributed by atoms with Crippen LogP contribution in [-0.2, 0) is 0 Å². The molecule has 0 saturated carbocycles. The monoisotopic (exact) mass is 235 g/mol. The normalized spacial score (nSPS) is 12.4. The fraction of sp³-hybridized carbons (Fsp3) is 0.231. The molecule has 1 unspecified atom stereocenters. The van der Waals surface area contributed by atoms with Gasteiger partial charge in [-0.3, -0.25) is 0 Å². The smallest absolute Gasteiger partial charge is 0.168 e. The highest BCUT2D eigenvalue weighted by Gasteiger charge is 2.16. The molecule has 0 amide bonds. The van der Waals surface area contributed by atoms with Crippen LogP contribution >= 0.6 is 0 Å². The average molecular weight is 235 g/mol. The van der Waals surface area contributed by atoms with Gasteiger partial charge in [-0.05, 0) is 30.7 Å². The molecule has 0 radical (unpaired) electrons. The summed E-state index contributed by atoms with van der Waals surface area (Å²) in [6.07, 6.45) is 1.06. The van der Waals surface area contributed by atoms with Crippen molar-refractivity contribution in [2.75, 3.05) is 6.54 Å². The van der Waals surface area contributed by atoms with Crippen molar-refractivity contribution in [2.45, 2.75) is 13.0 Å². The zero-order valence-corrected chi connectivity index (χ0v) is 9.52. The molecule has 0 aliphatic rings. The van der Waals surface area contributed by atoms with E-state index < -0.39 is 6.10 Å². The Balaban J connectivity index is 2.22. The lowest BCUT2D eigenvalue weighted by Crippen LogP contribution is -2.18. The van der Waals surface area contributed by atoms with Crippen molar-refractivity contribution in [1.29, 1.82) is 0 Å². The van der Waals surface area contributed by atoms with Crippen LogP contribution in [-0.4, -0.2) is 6.54 Å². The molecule has 1 atom stereocenters. The summed E-state index contributed by atoms with van der Waals surface area (Å²) in [5.41, 5.74) is 6.13. The number of nitrogens with two attached hydrogens (primary N) is 1. The molecule has 0 aliphatic heterocycles. The summed E-state index contributed by atoms with van der Waals surface area (Å²) in [7, 11) is 0. The first-order chi connectivity index (χ1) is 8.22. The summed E-state index contributed by atoms with van der Waals surface area (Å²) in [4.78, 5) is 0. The predicted octanol–water partition coefficient (Wildman–Crippen LogP) is 2.81. The Labute approximate surface area is 99.0 Å². The van der Waals surface area contributed by atoms with Crippen molar-refractivity contribution in [1.82, 2.24) is 0 Å². The van der Waals surface area contributed by atoms with Crippen molar-refractivity contribution in [2.24, 2.45) is 5.73 Å². The van der Waals surface area contributed by atoms with Gasteiger partial charge in [0.15, 0.2) is 17.7 Å². The molecule has 2 rings (SSSR count). The molecule has 0 bridgehead atoms. The van der Waals surface area contributed by atoms with Gasteiger partial charge >= 0.3 is 0 Å². The third kappa shape index (κ3) is 2.47. The van der Waals surface area contributed by atoms with Crippen molar-refractivity contribution in [3.8, 4) is 5.75 Å². The molecule has 90 valence electrons. The Morgan fingerprint density at radius 1 is 1.35 bits per heavy atom. The highest BCUT2D eigenvalue weighted by Crippen LogP contribution is 2.25. The lowest BCUT2D eigenvalue weighted by molar-refractivity contribution is 0.176. The highest BCUT2D eigenvalue weighted by molar-refractivity contribution is 5.30.